The van der Waals surface area contributed by atoms with E-state index in [0.29, 0.717) is 0 Å². The third-order valence-electron chi connectivity index (χ3n) is 11.9. The fourth-order valence-electron chi connectivity index (χ4n) is 9.69. The third-order valence-corrected chi connectivity index (χ3v) is 16.6. The van der Waals surface area contributed by atoms with Crippen molar-refractivity contribution in [1.82, 2.24) is 14.5 Å². The predicted octanol–water partition coefficient (Wildman–Crippen LogP) is 8.90. The highest BCUT2D eigenvalue weighted by atomic mass is 28.3. The average Bonchev–Trinajstić information content (AvgIpc) is 3.80. The Bertz CT molecular complexity index is 2870. The van der Waals surface area contributed by atoms with Gasteiger partial charge in [0, 0.05) is 27.3 Å². The van der Waals surface area contributed by atoms with Crippen molar-refractivity contribution in [2.45, 2.75) is 19.3 Å². The van der Waals surface area contributed by atoms with Crippen LogP contribution >= 0.6 is 0 Å². The van der Waals surface area contributed by atoms with E-state index in [2.05, 4.69) is 194 Å². The maximum Gasteiger partial charge on any atom is 0.203 e. The first kappa shape index (κ1) is 30.3. The van der Waals surface area contributed by atoms with Crippen molar-refractivity contribution in [3.8, 4) is 39.5 Å². The zero-order valence-corrected chi connectivity index (χ0v) is 30.6. The van der Waals surface area contributed by atoms with Crippen molar-refractivity contribution in [3.05, 3.63) is 187 Å². The van der Waals surface area contributed by atoms with Crippen LogP contribution in [-0.4, -0.2) is 22.6 Å². The molecule has 0 saturated carbocycles. The zero-order valence-electron chi connectivity index (χ0n) is 29.6. The lowest BCUT2D eigenvalue weighted by atomic mass is 9.80. The second-order valence-electron chi connectivity index (χ2n) is 14.9. The zero-order chi connectivity index (χ0) is 35.3. The van der Waals surface area contributed by atoms with Gasteiger partial charge in [-0.3, -0.25) is 4.57 Å². The van der Waals surface area contributed by atoms with Crippen molar-refractivity contribution in [1.29, 1.82) is 0 Å². The van der Waals surface area contributed by atoms with Gasteiger partial charge in [-0.2, -0.15) is 0 Å². The van der Waals surface area contributed by atoms with Crippen LogP contribution in [0.15, 0.2) is 176 Å². The highest BCUT2D eigenvalue weighted by molar-refractivity contribution is 7.21. The van der Waals surface area contributed by atoms with Crippen molar-refractivity contribution < 1.29 is 0 Å². The standard InChI is InChI=1S/C49H35N3Si/c1-49(2)39-27-15-12-24-35(39)36-30-31-41-43(45(36)49)37-25-13-16-28-40(37)52(41)47-44-38-26-14-17-29-42(38)53(33-20-8-4-9-21-33,34-22-10-5-11-23-34)48(44)51-46(50-47)32-18-6-3-7-19-32/h3-31H,1-2H3. The van der Waals surface area contributed by atoms with Gasteiger partial charge in [-0.25, -0.2) is 9.97 Å². The third kappa shape index (κ3) is 3.99. The summed E-state index contributed by atoms with van der Waals surface area (Å²) in [4.78, 5) is 11.4. The molecule has 9 aromatic rings. The molecule has 1 aliphatic heterocycles. The maximum absolute atomic E-state index is 5.72. The van der Waals surface area contributed by atoms with Gasteiger partial charge >= 0.3 is 0 Å². The Hall–Kier alpha value is -6.36. The van der Waals surface area contributed by atoms with Crippen LogP contribution < -0.4 is 20.9 Å². The molecule has 4 heteroatoms. The summed E-state index contributed by atoms with van der Waals surface area (Å²) in [5.41, 5.74) is 10.9. The van der Waals surface area contributed by atoms with Crippen LogP contribution in [0.2, 0.25) is 0 Å². The largest absolute Gasteiger partial charge is 0.293 e. The molecule has 0 spiro atoms. The fourth-order valence-corrected chi connectivity index (χ4v) is 14.7. The first-order chi connectivity index (χ1) is 26.1. The minimum Gasteiger partial charge on any atom is -0.293 e. The van der Waals surface area contributed by atoms with Crippen LogP contribution in [0.25, 0.3) is 61.3 Å². The van der Waals surface area contributed by atoms with Crippen molar-refractivity contribution >= 4 is 50.8 Å². The number of para-hydroxylation sites is 1. The van der Waals surface area contributed by atoms with E-state index in [0.717, 1.165) is 33.6 Å². The molecule has 3 heterocycles. The van der Waals surface area contributed by atoms with Crippen LogP contribution in [-0.2, 0) is 5.41 Å². The number of hydrogen-bond donors (Lipinski definition) is 0. The van der Waals surface area contributed by atoms with Crippen molar-refractivity contribution in [2.75, 3.05) is 0 Å². The molecule has 3 nitrogen and oxygen atoms in total. The molecule has 0 fully saturated rings. The van der Waals surface area contributed by atoms with Crippen molar-refractivity contribution in [3.63, 3.8) is 0 Å². The van der Waals surface area contributed by atoms with E-state index < -0.39 is 8.07 Å². The van der Waals surface area contributed by atoms with E-state index in [9.17, 15) is 0 Å². The molecule has 0 unspecified atom stereocenters. The lowest BCUT2D eigenvalue weighted by Crippen LogP contribution is -2.73. The molecule has 250 valence electrons. The molecule has 0 bridgehead atoms. The second-order valence-corrected chi connectivity index (χ2v) is 18.6. The Labute approximate surface area is 309 Å². The summed E-state index contributed by atoms with van der Waals surface area (Å²) in [6.45, 7) is 4.77. The molecule has 0 radical (unpaired) electrons. The molecule has 0 amide bonds. The summed E-state index contributed by atoms with van der Waals surface area (Å²) in [7, 11) is -2.92. The van der Waals surface area contributed by atoms with Gasteiger partial charge in [0.15, 0.2) is 5.82 Å². The first-order valence-corrected chi connectivity index (χ1v) is 20.4. The molecule has 1 aliphatic carbocycles. The summed E-state index contributed by atoms with van der Waals surface area (Å²) in [5, 5.41) is 7.68. The van der Waals surface area contributed by atoms with Gasteiger partial charge in [-0.15, -0.1) is 0 Å². The molecule has 0 saturated heterocycles. The van der Waals surface area contributed by atoms with E-state index in [1.54, 1.807) is 0 Å². The Balaban J connectivity index is 1.33. The topological polar surface area (TPSA) is 30.7 Å². The quantitative estimate of drug-likeness (QED) is 0.173. The molecule has 2 aromatic heterocycles. The van der Waals surface area contributed by atoms with Gasteiger partial charge in [-0.05, 0) is 55.5 Å². The van der Waals surface area contributed by atoms with Crippen LogP contribution in [0.4, 0.5) is 0 Å². The monoisotopic (exact) mass is 693 g/mol. The summed E-state index contributed by atoms with van der Waals surface area (Å²) in [6.07, 6.45) is 0. The SMILES string of the molecule is CC1(C)c2ccccc2-c2ccc3c(c21)c1ccccc1n3-c1nc(-c2ccccc2)nc2c1-c1ccccc1[Si]2(c1ccccc1)c1ccccc1. The summed E-state index contributed by atoms with van der Waals surface area (Å²) in [6, 6.07) is 64.3. The molecule has 0 atom stereocenters. The van der Waals surface area contributed by atoms with E-state index in [4.69, 9.17) is 9.97 Å². The van der Waals surface area contributed by atoms with Gasteiger partial charge in [0.25, 0.3) is 0 Å². The minimum atomic E-state index is -2.92. The van der Waals surface area contributed by atoms with Crippen LogP contribution in [0.5, 0.6) is 0 Å². The number of benzene rings is 7. The predicted molar refractivity (Wildman–Crippen MR) is 222 cm³/mol. The molecule has 7 aromatic carbocycles. The van der Waals surface area contributed by atoms with E-state index >= 15 is 0 Å². The molecular formula is C49H35N3Si. The molecule has 53 heavy (non-hydrogen) atoms. The number of aromatic nitrogens is 3. The van der Waals surface area contributed by atoms with Gasteiger partial charge in [0.05, 0.1) is 16.4 Å². The van der Waals surface area contributed by atoms with Crippen molar-refractivity contribution in [2.24, 2.45) is 0 Å². The highest BCUT2D eigenvalue weighted by Crippen LogP contribution is 2.53. The maximum atomic E-state index is 5.72. The number of hydrogen-bond acceptors (Lipinski definition) is 2. The second kappa shape index (κ2) is 11.1. The van der Waals surface area contributed by atoms with Gasteiger partial charge in [-0.1, -0.05) is 178 Å². The van der Waals surface area contributed by atoms with Crippen LogP contribution in [0.1, 0.15) is 25.0 Å². The smallest absolute Gasteiger partial charge is 0.203 e. The van der Waals surface area contributed by atoms with Gasteiger partial charge < -0.3 is 0 Å². The summed E-state index contributed by atoms with van der Waals surface area (Å²) >= 11 is 0. The number of fused-ring (bicyclic) bond motifs is 10. The fraction of sp³-hybridized carbons (Fsp3) is 0.0612. The number of rotatable bonds is 4. The van der Waals surface area contributed by atoms with E-state index in [1.165, 1.54) is 59.7 Å². The summed E-state index contributed by atoms with van der Waals surface area (Å²) in [5.74, 6) is 1.68. The molecular weight excluding hydrogens is 659 g/mol. The first-order valence-electron chi connectivity index (χ1n) is 18.4. The summed E-state index contributed by atoms with van der Waals surface area (Å²) < 4.78 is 2.45. The van der Waals surface area contributed by atoms with E-state index in [-0.39, 0.29) is 5.41 Å². The van der Waals surface area contributed by atoms with Crippen LogP contribution in [0, 0.1) is 0 Å². The lowest BCUT2D eigenvalue weighted by Gasteiger charge is -2.30. The van der Waals surface area contributed by atoms with Gasteiger partial charge in [0.1, 0.15) is 5.82 Å². The molecule has 2 aliphatic rings. The van der Waals surface area contributed by atoms with Gasteiger partial charge in [0.2, 0.25) is 8.07 Å². The molecule has 0 N–H and O–H groups in total. The average molecular weight is 694 g/mol. The Morgan fingerprint density at radius 2 is 1.11 bits per heavy atom. The molecule has 11 rings (SSSR count). The normalized spacial score (nSPS) is 14.5. The van der Waals surface area contributed by atoms with Crippen LogP contribution in [0.3, 0.4) is 0 Å². The van der Waals surface area contributed by atoms with E-state index in [1.807, 2.05) is 0 Å². The minimum absolute atomic E-state index is 0.168. The number of nitrogens with zero attached hydrogens (tertiary/aromatic N) is 3. The Kier molecular flexibility index (Phi) is 6.32. The Morgan fingerprint density at radius 3 is 1.85 bits per heavy atom. The highest BCUT2D eigenvalue weighted by Gasteiger charge is 2.52. The Morgan fingerprint density at radius 1 is 0.509 bits per heavy atom. The lowest BCUT2D eigenvalue weighted by molar-refractivity contribution is 0.666.